The summed E-state index contributed by atoms with van der Waals surface area (Å²) in [5.41, 5.74) is -0.0624. The van der Waals surface area contributed by atoms with E-state index in [4.69, 9.17) is 0 Å². The lowest BCUT2D eigenvalue weighted by Crippen LogP contribution is -2.36. The van der Waals surface area contributed by atoms with Gasteiger partial charge in [0.2, 0.25) is 0 Å². The lowest BCUT2D eigenvalue weighted by atomic mass is 10.1. The fraction of sp³-hybridized carbons (Fsp3) is 0.846. The molecule has 108 valence electrons. The maximum Gasteiger partial charge on any atom is 0.344 e. The Kier molecular flexibility index (Phi) is 5.10. The van der Waals surface area contributed by atoms with Crippen LogP contribution in [0.2, 0.25) is 0 Å². The van der Waals surface area contributed by atoms with Gasteiger partial charge in [-0.15, -0.1) is 5.10 Å². The summed E-state index contributed by atoms with van der Waals surface area (Å²) in [6.07, 6.45) is 3.35. The van der Waals surface area contributed by atoms with Gasteiger partial charge >= 0.3 is 5.69 Å². The molecule has 1 fully saturated rings. The van der Waals surface area contributed by atoms with Crippen LogP contribution in [0.5, 0.6) is 0 Å². The van der Waals surface area contributed by atoms with Crippen molar-refractivity contribution in [1.82, 2.24) is 20.1 Å². The van der Waals surface area contributed by atoms with Gasteiger partial charge < -0.3 is 5.32 Å². The first-order valence-electron chi connectivity index (χ1n) is 7.16. The zero-order valence-corrected chi connectivity index (χ0v) is 12.8. The first-order chi connectivity index (χ1) is 9.13. The molecule has 1 atom stereocenters. The van der Waals surface area contributed by atoms with E-state index in [-0.39, 0.29) is 5.69 Å². The minimum Gasteiger partial charge on any atom is -0.313 e. The lowest BCUT2D eigenvalue weighted by molar-refractivity contribution is 0.433. The van der Waals surface area contributed by atoms with Crippen molar-refractivity contribution in [1.29, 1.82) is 0 Å². The van der Waals surface area contributed by atoms with Gasteiger partial charge in [-0.05, 0) is 31.7 Å². The van der Waals surface area contributed by atoms with Crippen molar-refractivity contribution in [2.24, 2.45) is 5.92 Å². The van der Waals surface area contributed by atoms with Gasteiger partial charge in [0.25, 0.3) is 0 Å². The van der Waals surface area contributed by atoms with Crippen LogP contribution < -0.4 is 11.0 Å². The van der Waals surface area contributed by atoms with Gasteiger partial charge in [-0.25, -0.2) is 9.89 Å². The second kappa shape index (κ2) is 6.61. The number of aromatic amines is 1. The number of H-pyrrole nitrogens is 1. The van der Waals surface area contributed by atoms with Crippen LogP contribution in [0.4, 0.5) is 0 Å². The standard InChI is InChI=1S/C13H24N4OS/c1-4-7-14-11(9(2)3)8-19-13-16-15-12(18)17(13)10-5-6-10/h9-11,14H,4-8H2,1-3H3,(H,15,18). The SMILES string of the molecule is CCCNC(CSc1n[nH]c(=O)n1C1CC1)C(C)C. The third-order valence-corrected chi connectivity index (χ3v) is 4.51. The highest BCUT2D eigenvalue weighted by Crippen LogP contribution is 2.36. The van der Waals surface area contributed by atoms with E-state index in [0.29, 0.717) is 18.0 Å². The third-order valence-electron chi connectivity index (χ3n) is 3.44. The van der Waals surface area contributed by atoms with Crippen LogP contribution in [0.15, 0.2) is 9.95 Å². The molecule has 0 radical (unpaired) electrons. The minimum atomic E-state index is -0.0624. The van der Waals surface area contributed by atoms with Crippen molar-refractivity contribution in [2.45, 2.75) is 57.3 Å². The van der Waals surface area contributed by atoms with Gasteiger partial charge in [0.1, 0.15) is 0 Å². The number of hydrogen-bond donors (Lipinski definition) is 2. The van der Waals surface area contributed by atoms with Crippen molar-refractivity contribution in [2.75, 3.05) is 12.3 Å². The molecule has 0 bridgehead atoms. The maximum atomic E-state index is 11.7. The molecule has 0 saturated heterocycles. The second-order valence-corrected chi connectivity index (χ2v) is 6.52. The molecule has 0 aliphatic heterocycles. The summed E-state index contributed by atoms with van der Waals surface area (Å²) in [5, 5.41) is 11.1. The number of hydrogen-bond acceptors (Lipinski definition) is 4. The highest BCUT2D eigenvalue weighted by molar-refractivity contribution is 7.99. The number of nitrogens with one attached hydrogen (secondary N) is 2. The molecule has 1 aromatic heterocycles. The quantitative estimate of drug-likeness (QED) is 0.717. The van der Waals surface area contributed by atoms with E-state index in [1.165, 1.54) is 0 Å². The molecule has 2 N–H and O–H groups in total. The average Bonchev–Trinajstić information content (AvgIpc) is 3.14. The minimum absolute atomic E-state index is 0.0624. The molecular weight excluding hydrogens is 260 g/mol. The van der Waals surface area contributed by atoms with Gasteiger partial charge in [-0.1, -0.05) is 32.5 Å². The third kappa shape index (κ3) is 3.86. The molecule has 6 heteroatoms. The monoisotopic (exact) mass is 284 g/mol. The molecule has 1 unspecified atom stereocenters. The molecule has 5 nitrogen and oxygen atoms in total. The summed E-state index contributed by atoms with van der Waals surface area (Å²) in [6, 6.07) is 0.847. The Morgan fingerprint density at radius 1 is 1.53 bits per heavy atom. The zero-order valence-electron chi connectivity index (χ0n) is 12.0. The summed E-state index contributed by atoms with van der Waals surface area (Å²) >= 11 is 1.68. The van der Waals surface area contributed by atoms with Crippen molar-refractivity contribution in [3.05, 3.63) is 10.5 Å². The summed E-state index contributed by atoms with van der Waals surface area (Å²) in [5.74, 6) is 1.54. The van der Waals surface area contributed by atoms with Crippen molar-refractivity contribution < 1.29 is 0 Å². The van der Waals surface area contributed by atoms with E-state index in [1.807, 2.05) is 4.57 Å². The number of aromatic nitrogens is 3. The summed E-state index contributed by atoms with van der Waals surface area (Å²) in [6.45, 7) is 7.67. The molecule has 1 heterocycles. The molecule has 2 rings (SSSR count). The van der Waals surface area contributed by atoms with Gasteiger partial charge in [0.15, 0.2) is 5.16 Å². The fourth-order valence-corrected chi connectivity index (χ4v) is 3.34. The summed E-state index contributed by atoms with van der Waals surface area (Å²) < 4.78 is 1.82. The highest BCUT2D eigenvalue weighted by atomic mass is 32.2. The Hall–Kier alpha value is -0.750. The number of rotatable bonds is 8. The molecule has 0 amide bonds. The highest BCUT2D eigenvalue weighted by Gasteiger charge is 2.28. The lowest BCUT2D eigenvalue weighted by Gasteiger charge is -2.21. The summed E-state index contributed by atoms with van der Waals surface area (Å²) in [4.78, 5) is 11.7. The molecule has 0 aromatic carbocycles. The Balaban J connectivity index is 1.94. The second-order valence-electron chi connectivity index (χ2n) is 5.53. The van der Waals surface area contributed by atoms with Gasteiger partial charge in [0.05, 0.1) is 0 Å². The average molecular weight is 284 g/mol. The normalized spacial score (nSPS) is 17.1. The Bertz CT molecular complexity index is 450. The van der Waals surface area contributed by atoms with Crippen LogP contribution in [0.3, 0.4) is 0 Å². The maximum absolute atomic E-state index is 11.7. The van der Waals surface area contributed by atoms with E-state index >= 15 is 0 Å². The van der Waals surface area contributed by atoms with E-state index < -0.39 is 0 Å². The molecule has 1 aliphatic carbocycles. The van der Waals surface area contributed by atoms with Crippen LogP contribution in [-0.4, -0.2) is 33.1 Å². The van der Waals surface area contributed by atoms with E-state index in [0.717, 1.165) is 36.7 Å². The fourth-order valence-electron chi connectivity index (χ4n) is 2.03. The first kappa shape index (κ1) is 14.7. The first-order valence-corrected chi connectivity index (χ1v) is 8.15. The Labute approximate surface area is 118 Å². The van der Waals surface area contributed by atoms with Gasteiger partial charge in [-0.2, -0.15) is 0 Å². The zero-order chi connectivity index (χ0) is 13.8. The van der Waals surface area contributed by atoms with Gasteiger partial charge in [-0.3, -0.25) is 4.57 Å². The number of thioether (sulfide) groups is 1. The van der Waals surface area contributed by atoms with Crippen molar-refractivity contribution >= 4 is 11.8 Å². The smallest absolute Gasteiger partial charge is 0.313 e. The van der Waals surface area contributed by atoms with E-state index in [2.05, 4.69) is 36.3 Å². The van der Waals surface area contributed by atoms with E-state index in [1.54, 1.807) is 11.8 Å². The Morgan fingerprint density at radius 2 is 2.26 bits per heavy atom. The molecule has 1 saturated carbocycles. The predicted octanol–water partition coefficient (Wildman–Crippen LogP) is 2.02. The molecule has 0 spiro atoms. The predicted molar refractivity (Wildman–Crippen MR) is 78.8 cm³/mol. The van der Waals surface area contributed by atoms with Crippen LogP contribution in [0.25, 0.3) is 0 Å². The molecule has 1 aliphatic rings. The summed E-state index contributed by atoms with van der Waals surface area (Å²) in [7, 11) is 0. The van der Waals surface area contributed by atoms with Crippen LogP contribution >= 0.6 is 11.8 Å². The Morgan fingerprint density at radius 3 is 2.84 bits per heavy atom. The van der Waals surface area contributed by atoms with Crippen LogP contribution in [-0.2, 0) is 0 Å². The largest absolute Gasteiger partial charge is 0.344 e. The van der Waals surface area contributed by atoms with Crippen LogP contribution in [0, 0.1) is 5.92 Å². The topological polar surface area (TPSA) is 62.7 Å². The molecular formula is C13H24N4OS. The molecule has 1 aromatic rings. The number of nitrogens with zero attached hydrogens (tertiary/aromatic N) is 2. The van der Waals surface area contributed by atoms with Gasteiger partial charge in [0, 0.05) is 17.8 Å². The van der Waals surface area contributed by atoms with E-state index in [9.17, 15) is 4.79 Å². The van der Waals surface area contributed by atoms with Crippen molar-refractivity contribution in [3.8, 4) is 0 Å². The van der Waals surface area contributed by atoms with Crippen LogP contribution in [0.1, 0.15) is 46.1 Å². The van der Waals surface area contributed by atoms with Crippen molar-refractivity contribution in [3.63, 3.8) is 0 Å². The molecule has 19 heavy (non-hydrogen) atoms.